The quantitative estimate of drug-likeness (QED) is 0.181. The Bertz CT molecular complexity index is 2130. The maximum atomic E-state index is 17.0. The lowest BCUT2D eigenvalue weighted by Gasteiger charge is -2.72. The Morgan fingerprint density at radius 3 is 2.78 bits per heavy atom. The predicted molar refractivity (Wildman–Crippen MR) is 182 cm³/mol. The summed E-state index contributed by atoms with van der Waals surface area (Å²) in [4.78, 5) is 18.4. The molecule has 2 aromatic carbocycles. The first-order valence-electron chi connectivity index (χ1n) is 17.2. The fourth-order valence-electron chi connectivity index (χ4n) is 10.6. The smallest absolute Gasteiger partial charge is 0.319 e. The molecule has 3 saturated heterocycles. The van der Waals surface area contributed by atoms with Crippen molar-refractivity contribution >= 4 is 27.5 Å². The zero-order valence-electron chi connectivity index (χ0n) is 27.6. The number of phenols is 1. The van der Waals surface area contributed by atoms with Gasteiger partial charge in [0.1, 0.15) is 41.4 Å². The van der Waals surface area contributed by atoms with E-state index in [0.717, 1.165) is 25.1 Å². The lowest BCUT2D eigenvalue weighted by molar-refractivity contribution is -0.212. The number of terminal acetylenes is 1. The first kappa shape index (κ1) is 30.7. The molecular formula is C39H38F3N5O2. The minimum Gasteiger partial charge on any atom is -0.508 e. The summed E-state index contributed by atoms with van der Waals surface area (Å²) in [5.41, 5.74) is 0.817. The second-order valence-electron chi connectivity index (χ2n) is 15.3. The topological polar surface area (TPSA) is 74.6 Å². The molecule has 5 aliphatic rings. The Kier molecular flexibility index (Phi) is 6.62. The molecule has 2 saturated carbocycles. The van der Waals surface area contributed by atoms with Gasteiger partial charge in [-0.1, -0.05) is 38.0 Å². The molecule has 1 N–H and O–H groups in total. The minimum absolute atomic E-state index is 0.000559. The van der Waals surface area contributed by atoms with E-state index < -0.39 is 23.3 Å². The number of aromatic nitrogens is 3. The van der Waals surface area contributed by atoms with Gasteiger partial charge in [0.2, 0.25) is 0 Å². The SMILES string of the molecule is C#Cc1c(F)ccc2cc(O)cc(-c3ncc4c(N5CC6CCC67C(C)C(C)C7C5)nc(OC[C@]56CC(=C)CN5C[C@@H](F)C6)nc4c3F)c12. The molecule has 49 heavy (non-hydrogen) atoms. The zero-order valence-corrected chi connectivity index (χ0v) is 27.6. The second-order valence-corrected chi connectivity index (χ2v) is 15.3. The highest BCUT2D eigenvalue weighted by atomic mass is 19.1. The lowest BCUT2D eigenvalue weighted by atomic mass is 9.35. The number of benzene rings is 2. The summed E-state index contributed by atoms with van der Waals surface area (Å²) < 4.78 is 52.9. The van der Waals surface area contributed by atoms with Crippen LogP contribution in [0.25, 0.3) is 32.9 Å². The van der Waals surface area contributed by atoms with Gasteiger partial charge in [-0.2, -0.15) is 9.97 Å². The lowest BCUT2D eigenvalue weighted by Crippen LogP contribution is -2.71. The van der Waals surface area contributed by atoms with Crippen molar-refractivity contribution in [3.63, 3.8) is 0 Å². The third-order valence-corrected chi connectivity index (χ3v) is 13.1. The van der Waals surface area contributed by atoms with Crippen molar-refractivity contribution in [3.8, 4) is 35.4 Å². The van der Waals surface area contributed by atoms with Crippen LogP contribution in [0.5, 0.6) is 11.8 Å². The maximum absolute atomic E-state index is 17.0. The fraction of sp³-hybridized carbons (Fsp3) is 0.462. The number of aromatic hydroxyl groups is 1. The largest absolute Gasteiger partial charge is 0.508 e. The molecule has 9 rings (SSSR count). The Balaban J connectivity index is 1.18. The molecule has 2 aromatic heterocycles. The first-order valence-corrected chi connectivity index (χ1v) is 17.2. The summed E-state index contributed by atoms with van der Waals surface area (Å²) >= 11 is 0. The molecule has 5 fully saturated rings. The summed E-state index contributed by atoms with van der Waals surface area (Å²) in [6, 6.07) is 5.51. The van der Waals surface area contributed by atoms with Crippen LogP contribution in [0, 0.1) is 53.1 Å². The van der Waals surface area contributed by atoms with Crippen LogP contribution in [0.2, 0.25) is 0 Å². The standard InChI is InChI=1S/C39H38F3N5O2/c1-5-27-31(41)7-6-23-10-26(48)11-28(32(23)27)34-33(42)35-29(14-43-34)36(46-16-24-8-9-39(24)22(4)21(3)30(39)18-46)45-37(44-35)49-19-38-12-20(2)15-47(38)17-25(40)13-38/h1,6-7,10-11,14,21-22,24-25,30,48H,2,8-9,12-13,15-19H2,3-4H3/t21?,22?,24?,25-,30?,38+,39?/m0/s1. The van der Waals surface area contributed by atoms with E-state index in [2.05, 4.69) is 46.1 Å². The van der Waals surface area contributed by atoms with E-state index in [4.69, 9.17) is 16.1 Å². The molecule has 0 radical (unpaired) electrons. The van der Waals surface area contributed by atoms with Crippen LogP contribution in [-0.4, -0.2) is 69.5 Å². The van der Waals surface area contributed by atoms with Gasteiger partial charge in [-0.05, 0) is 71.9 Å². The number of hydrogen-bond donors (Lipinski definition) is 1. The average Bonchev–Trinajstić information content (AvgIpc) is 3.53. The van der Waals surface area contributed by atoms with Gasteiger partial charge in [0.25, 0.3) is 0 Å². The summed E-state index contributed by atoms with van der Waals surface area (Å²) in [5.74, 6) is 3.68. The number of phenolic OH excluding ortho intramolecular Hbond substituents is 1. The summed E-state index contributed by atoms with van der Waals surface area (Å²) in [5, 5.41) is 11.8. The van der Waals surface area contributed by atoms with Gasteiger partial charge < -0.3 is 14.7 Å². The Morgan fingerprint density at radius 1 is 1.16 bits per heavy atom. The third-order valence-electron chi connectivity index (χ3n) is 13.1. The first-order chi connectivity index (χ1) is 23.5. The van der Waals surface area contributed by atoms with Gasteiger partial charge in [-0.3, -0.25) is 9.88 Å². The van der Waals surface area contributed by atoms with Crippen molar-refractivity contribution in [2.75, 3.05) is 37.7 Å². The van der Waals surface area contributed by atoms with Gasteiger partial charge >= 0.3 is 6.01 Å². The monoisotopic (exact) mass is 665 g/mol. The van der Waals surface area contributed by atoms with E-state index in [1.807, 2.05) is 0 Å². The molecule has 7 atom stereocenters. The molecule has 10 heteroatoms. The van der Waals surface area contributed by atoms with E-state index >= 15 is 4.39 Å². The molecular weight excluding hydrogens is 627 g/mol. The van der Waals surface area contributed by atoms with Crippen LogP contribution in [0.4, 0.5) is 19.0 Å². The van der Waals surface area contributed by atoms with Crippen molar-refractivity contribution < 1.29 is 23.0 Å². The van der Waals surface area contributed by atoms with Crippen LogP contribution in [0.15, 0.2) is 42.6 Å². The van der Waals surface area contributed by atoms with Crippen LogP contribution >= 0.6 is 0 Å². The molecule has 3 aliphatic heterocycles. The van der Waals surface area contributed by atoms with Gasteiger partial charge in [0.05, 0.1) is 16.5 Å². The molecule has 5 unspecified atom stereocenters. The van der Waals surface area contributed by atoms with E-state index in [-0.39, 0.29) is 46.1 Å². The van der Waals surface area contributed by atoms with Crippen molar-refractivity contribution in [1.82, 2.24) is 19.9 Å². The molecule has 0 amide bonds. The number of anilines is 1. The third kappa shape index (κ3) is 4.24. The summed E-state index contributed by atoms with van der Waals surface area (Å²) in [6.45, 7) is 11.5. The minimum atomic E-state index is -0.964. The number of rotatable bonds is 5. The molecule has 252 valence electrons. The Morgan fingerprint density at radius 2 is 2.00 bits per heavy atom. The van der Waals surface area contributed by atoms with Crippen LogP contribution < -0.4 is 9.64 Å². The number of hydrogen-bond acceptors (Lipinski definition) is 7. The highest BCUT2D eigenvalue weighted by Crippen LogP contribution is 2.70. The van der Waals surface area contributed by atoms with Gasteiger partial charge in [-0.25, -0.2) is 13.2 Å². The number of pyridine rings is 1. The number of alkyl halides is 1. The van der Waals surface area contributed by atoms with Crippen LogP contribution in [0.3, 0.4) is 0 Å². The van der Waals surface area contributed by atoms with Crippen molar-refractivity contribution in [1.29, 1.82) is 0 Å². The molecule has 0 bridgehead atoms. The van der Waals surface area contributed by atoms with E-state index in [1.54, 1.807) is 6.20 Å². The molecule has 4 aromatic rings. The van der Waals surface area contributed by atoms with E-state index in [9.17, 15) is 13.9 Å². The highest BCUT2D eigenvalue weighted by molar-refractivity contribution is 6.03. The fourth-order valence-corrected chi connectivity index (χ4v) is 10.6. The van der Waals surface area contributed by atoms with Crippen molar-refractivity contribution in [3.05, 3.63) is 59.8 Å². The Hall–Kier alpha value is -4.36. The van der Waals surface area contributed by atoms with Crippen molar-refractivity contribution in [2.24, 2.45) is 29.1 Å². The summed E-state index contributed by atoms with van der Waals surface area (Å²) in [7, 11) is 0. The Labute approximate surface area is 283 Å². The van der Waals surface area contributed by atoms with Crippen LogP contribution in [-0.2, 0) is 0 Å². The van der Waals surface area contributed by atoms with E-state index in [1.165, 1.54) is 30.7 Å². The maximum Gasteiger partial charge on any atom is 0.319 e. The number of halogens is 3. The number of nitrogens with zero attached hydrogens (tertiary/aromatic N) is 5. The second kappa shape index (κ2) is 10.6. The number of ether oxygens (including phenoxy) is 1. The highest BCUT2D eigenvalue weighted by Gasteiger charge is 2.67. The van der Waals surface area contributed by atoms with Gasteiger partial charge in [0.15, 0.2) is 5.82 Å². The predicted octanol–water partition coefficient (Wildman–Crippen LogP) is 7.05. The summed E-state index contributed by atoms with van der Waals surface area (Å²) in [6.07, 6.45) is 9.64. The molecule has 1 spiro atoms. The van der Waals surface area contributed by atoms with Gasteiger partial charge in [0, 0.05) is 49.7 Å². The molecule has 5 heterocycles. The average molecular weight is 666 g/mol. The van der Waals surface area contributed by atoms with Crippen molar-refractivity contribution in [2.45, 2.75) is 51.2 Å². The number of fused-ring (bicyclic) bond motifs is 3. The molecule has 7 nitrogen and oxygen atoms in total. The zero-order chi connectivity index (χ0) is 34.0. The van der Waals surface area contributed by atoms with Crippen LogP contribution in [0.1, 0.15) is 45.1 Å². The normalized spacial score (nSPS) is 32.0. The molecule has 2 aliphatic carbocycles. The van der Waals surface area contributed by atoms with Gasteiger partial charge in [-0.15, -0.1) is 6.42 Å². The number of piperidine rings is 1. The van der Waals surface area contributed by atoms with E-state index in [0.29, 0.717) is 71.6 Å².